The quantitative estimate of drug-likeness (QED) is 0.807. The maximum Gasteiger partial charge on any atom is 0.134 e. The van der Waals surface area contributed by atoms with Crippen molar-refractivity contribution >= 4 is 23.2 Å². The molecule has 0 aliphatic rings. The average Bonchev–Trinajstić information content (AvgIpc) is 2.52. The van der Waals surface area contributed by atoms with Crippen molar-refractivity contribution in [2.24, 2.45) is 0 Å². The van der Waals surface area contributed by atoms with Crippen LogP contribution in [0.15, 0.2) is 30.6 Å². The van der Waals surface area contributed by atoms with Crippen molar-refractivity contribution in [2.45, 2.75) is 33.2 Å². The van der Waals surface area contributed by atoms with Crippen molar-refractivity contribution in [3.63, 3.8) is 0 Å². The van der Waals surface area contributed by atoms with Gasteiger partial charge in [-0.3, -0.25) is 0 Å². The highest BCUT2D eigenvalue weighted by atomic mass is 35.5. The minimum atomic E-state index is 0.717. The molecule has 1 aromatic heterocycles. The highest BCUT2D eigenvalue weighted by molar-refractivity contribution is 6.30. The number of nitrogens with zero attached hydrogens (tertiary/aromatic N) is 2. The zero-order valence-corrected chi connectivity index (χ0v) is 13.2. The first-order valence-corrected chi connectivity index (χ1v) is 7.68. The second kappa shape index (κ2) is 7.84. The van der Waals surface area contributed by atoms with Gasteiger partial charge in [0, 0.05) is 23.7 Å². The van der Waals surface area contributed by atoms with E-state index in [-0.39, 0.29) is 0 Å². The molecule has 4 nitrogen and oxygen atoms in total. The fourth-order valence-electron chi connectivity index (χ4n) is 2.08. The van der Waals surface area contributed by atoms with E-state index < -0.39 is 0 Å². The largest absolute Gasteiger partial charge is 0.370 e. The smallest absolute Gasteiger partial charge is 0.134 e. The third kappa shape index (κ3) is 4.33. The van der Waals surface area contributed by atoms with E-state index in [2.05, 4.69) is 34.4 Å². The molecule has 0 radical (unpaired) electrons. The summed E-state index contributed by atoms with van der Waals surface area (Å²) in [6, 6.07) is 7.82. The predicted molar refractivity (Wildman–Crippen MR) is 89.0 cm³/mol. The lowest BCUT2D eigenvalue weighted by Crippen LogP contribution is -2.10. The molecule has 0 spiro atoms. The lowest BCUT2D eigenvalue weighted by Gasteiger charge is -2.14. The van der Waals surface area contributed by atoms with Crippen LogP contribution in [0.3, 0.4) is 0 Å². The Kier molecular flexibility index (Phi) is 5.81. The van der Waals surface area contributed by atoms with Crippen molar-refractivity contribution < 1.29 is 0 Å². The standard InChI is InChI=1S/C16H21ClN4/c1-3-9-18-15-14(4-2)16(21-11-20-15)19-10-12-5-7-13(17)8-6-12/h5-8,11H,3-4,9-10H2,1-2H3,(H2,18,19,20,21). The number of benzene rings is 1. The molecule has 21 heavy (non-hydrogen) atoms. The minimum Gasteiger partial charge on any atom is -0.370 e. The molecule has 0 atom stereocenters. The van der Waals surface area contributed by atoms with Crippen LogP contribution in [0.4, 0.5) is 11.6 Å². The van der Waals surface area contributed by atoms with Gasteiger partial charge in [0.1, 0.15) is 18.0 Å². The summed E-state index contributed by atoms with van der Waals surface area (Å²) in [6.45, 7) is 5.89. The molecule has 1 aromatic carbocycles. The molecular weight excluding hydrogens is 284 g/mol. The normalized spacial score (nSPS) is 10.4. The summed E-state index contributed by atoms with van der Waals surface area (Å²) in [7, 11) is 0. The molecule has 0 bridgehead atoms. The fourth-order valence-corrected chi connectivity index (χ4v) is 2.21. The first-order valence-electron chi connectivity index (χ1n) is 7.30. The van der Waals surface area contributed by atoms with Crippen molar-refractivity contribution in [2.75, 3.05) is 17.2 Å². The zero-order chi connectivity index (χ0) is 15.1. The number of halogens is 1. The SMILES string of the molecule is CCCNc1ncnc(NCc2ccc(Cl)cc2)c1CC. The van der Waals surface area contributed by atoms with E-state index in [4.69, 9.17) is 11.6 Å². The van der Waals surface area contributed by atoms with Crippen molar-refractivity contribution in [3.8, 4) is 0 Å². The van der Waals surface area contributed by atoms with Crippen LogP contribution >= 0.6 is 11.6 Å². The van der Waals surface area contributed by atoms with Crippen LogP contribution in [0, 0.1) is 0 Å². The fraction of sp³-hybridized carbons (Fsp3) is 0.375. The maximum absolute atomic E-state index is 5.90. The summed E-state index contributed by atoms with van der Waals surface area (Å²) < 4.78 is 0. The summed E-state index contributed by atoms with van der Waals surface area (Å²) in [6.07, 6.45) is 3.55. The van der Waals surface area contributed by atoms with Gasteiger partial charge in [-0.25, -0.2) is 9.97 Å². The van der Waals surface area contributed by atoms with Gasteiger partial charge < -0.3 is 10.6 Å². The van der Waals surface area contributed by atoms with Gasteiger partial charge in [0.2, 0.25) is 0 Å². The Bertz CT molecular complexity index is 569. The zero-order valence-electron chi connectivity index (χ0n) is 12.5. The molecule has 0 unspecified atom stereocenters. The summed E-state index contributed by atoms with van der Waals surface area (Å²) in [5.74, 6) is 1.81. The Morgan fingerprint density at radius 3 is 2.29 bits per heavy atom. The highest BCUT2D eigenvalue weighted by Gasteiger charge is 2.09. The van der Waals surface area contributed by atoms with Crippen molar-refractivity contribution in [1.29, 1.82) is 0 Å². The van der Waals surface area contributed by atoms with Gasteiger partial charge in [-0.1, -0.05) is 37.6 Å². The van der Waals surface area contributed by atoms with Crippen LogP contribution in [0.2, 0.25) is 5.02 Å². The Hall–Kier alpha value is -1.81. The van der Waals surface area contributed by atoms with E-state index in [1.54, 1.807) is 6.33 Å². The Labute approximate surface area is 131 Å². The molecule has 0 amide bonds. The molecule has 2 N–H and O–H groups in total. The Morgan fingerprint density at radius 1 is 1.00 bits per heavy atom. The lowest BCUT2D eigenvalue weighted by molar-refractivity contribution is 0.944. The van der Waals surface area contributed by atoms with E-state index >= 15 is 0 Å². The molecule has 112 valence electrons. The molecule has 0 saturated heterocycles. The van der Waals surface area contributed by atoms with Crippen molar-refractivity contribution in [3.05, 3.63) is 46.7 Å². The van der Waals surface area contributed by atoms with Gasteiger partial charge in [-0.05, 0) is 30.5 Å². The van der Waals surface area contributed by atoms with Crippen LogP contribution in [0.1, 0.15) is 31.4 Å². The molecule has 0 aliphatic heterocycles. The topological polar surface area (TPSA) is 49.8 Å². The summed E-state index contributed by atoms with van der Waals surface area (Å²) in [4.78, 5) is 8.70. The average molecular weight is 305 g/mol. The first-order chi connectivity index (χ1) is 10.2. The van der Waals surface area contributed by atoms with E-state index in [0.29, 0.717) is 6.54 Å². The number of rotatable bonds is 7. The summed E-state index contributed by atoms with van der Waals surface area (Å²) in [5, 5.41) is 7.48. The summed E-state index contributed by atoms with van der Waals surface area (Å²) >= 11 is 5.90. The van der Waals surface area contributed by atoms with E-state index in [9.17, 15) is 0 Å². The molecule has 2 aromatic rings. The number of hydrogen-bond donors (Lipinski definition) is 2. The monoisotopic (exact) mass is 304 g/mol. The predicted octanol–water partition coefficient (Wildman–Crippen LogP) is 4.13. The molecule has 1 heterocycles. The van der Waals surface area contributed by atoms with Gasteiger partial charge in [0.25, 0.3) is 0 Å². The molecule has 2 rings (SSSR count). The van der Waals surface area contributed by atoms with Gasteiger partial charge in [0.15, 0.2) is 0 Å². The van der Waals surface area contributed by atoms with Gasteiger partial charge >= 0.3 is 0 Å². The van der Waals surface area contributed by atoms with E-state index in [1.807, 2.05) is 24.3 Å². The van der Waals surface area contributed by atoms with Gasteiger partial charge in [-0.2, -0.15) is 0 Å². The maximum atomic E-state index is 5.90. The van der Waals surface area contributed by atoms with Crippen LogP contribution in [-0.4, -0.2) is 16.5 Å². The first kappa shape index (κ1) is 15.6. The number of nitrogens with one attached hydrogen (secondary N) is 2. The molecule has 0 fully saturated rings. The Balaban J connectivity index is 2.10. The van der Waals surface area contributed by atoms with E-state index in [0.717, 1.165) is 41.6 Å². The number of anilines is 2. The summed E-state index contributed by atoms with van der Waals surface area (Å²) in [5.41, 5.74) is 2.29. The van der Waals surface area contributed by atoms with Gasteiger partial charge in [-0.15, -0.1) is 0 Å². The van der Waals surface area contributed by atoms with Crippen LogP contribution in [0.25, 0.3) is 0 Å². The van der Waals surface area contributed by atoms with Crippen LogP contribution < -0.4 is 10.6 Å². The molecule has 0 aliphatic carbocycles. The highest BCUT2D eigenvalue weighted by Crippen LogP contribution is 2.21. The Morgan fingerprint density at radius 2 is 1.67 bits per heavy atom. The van der Waals surface area contributed by atoms with Crippen LogP contribution in [-0.2, 0) is 13.0 Å². The number of aromatic nitrogens is 2. The second-order valence-corrected chi connectivity index (χ2v) is 5.25. The molecular formula is C16H21ClN4. The van der Waals surface area contributed by atoms with Crippen LogP contribution in [0.5, 0.6) is 0 Å². The second-order valence-electron chi connectivity index (χ2n) is 4.81. The van der Waals surface area contributed by atoms with E-state index in [1.165, 1.54) is 5.56 Å². The van der Waals surface area contributed by atoms with Gasteiger partial charge in [0.05, 0.1) is 0 Å². The third-order valence-corrected chi connectivity index (χ3v) is 3.47. The number of hydrogen-bond acceptors (Lipinski definition) is 4. The lowest BCUT2D eigenvalue weighted by atomic mass is 10.2. The molecule has 5 heteroatoms. The minimum absolute atomic E-state index is 0.717. The van der Waals surface area contributed by atoms with Crippen molar-refractivity contribution in [1.82, 2.24) is 9.97 Å². The third-order valence-electron chi connectivity index (χ3n) is 3.21. The molecule has 0 saturated carbocycles.